The SMILES string of the molecule is COc1cc(C(c2c(C)[nH]c3ccccc23)N2CCC(Cc3ccccc3)CC2)cc(OC)c1OC. The lowest BCUT2D eigenvalue weighted by atomic mass is 9.87. The molecule has 0 radical (unpaired) electrons. The van der Waals surface area contributed by atoms with Gasteiger partial charge in [0.15, 0.2) is 11.5 Å². The van der Waals surface area contributed by atoms with E-state index in [4.69, 9.17) is 14.2 Å². The standard InChI is InChI=1S/C31H36N2O3/c1-21-29(25-12-8-9-13-26(25)32-21)30(24-19-27(34-2)31(36-4)28(20-24)35-3)33-16-14-23(15-17-33)18-22-10-6-5-7-11-22/h5-13,19-20,23,30,32H,14-18H2,1-4H3. The molecule has 5 rings (SSSR count). The van der Waals surface area contributed by atoms with Crippen molar-refractivity contribution in [1.29, 1.82) is 0 Å². The van der Waals surface area contributed by atoms with Crippen molar-refractivity contribution in [3.8, 4) is 17.2 Å². The highest BCUT2D eigenvalue weighted by Crippen LogP contribution is 2.45. The fraction of sp³-hybridized carbons (Fsp3) is 0.355. The van der Waals surface area contributed by atoms with E-state index in [0.717, 1.165) is 25.1 Å². The van der Waals surface area contributed by atoms with Gasteiger partial charge in [-0.3, -0.25) is 4.90 Å². The summed E-state index contributed by atoms with van der Waals surface area (Å²) < 4.78 is 17.1. The normalized spacial score (nSPS) is 15.7. The van der Waals surface area contributed by atoms with Crippen LogP contribution in [-0.4, -0.2) is 44.3 Å². The van der Waals surface area contributed by atoms with Crippen LogP contribution in [0.25, 0.3) is 10.9 Å². The number of nitrogens with zero attached hydrogens (tertiary/aromatic N) is 1. The third-order valence-electron chi connectivity index (χ3n) is 7.60. The zero-order valence-electron chi connectivity index (χ0n) is 21.7. The minimum Gasteiger partial charge on any atom is -0.493 e. The molecule has 5 heteroatoms. The van der Waals surface area contributed by atoms with Gasteiger partial charge in [-0.05, 0) is 74.5 Å². The third-order valence-corrected chi connectivity index (χ3v) is 7.60. The van der Waals surface area contributed by atoms with Crippen LogP contribution in [0.5, 0.6) is 17.2 Å². The van der Waals surface area contributed by atoms with Gasteiger partial charge < -0.3 is 19.2 Å². The van der Waals surface area contributed by atoms with Gasteiger partial charge >= 0.3 is 0 Å². The number of ether oxygens (including phenoxy) is 3. The molecule has 1 fully saturated rings. The molecule has 0 aliphatic carbocycles. The van der Waals surface area contributed by atoms with E-state index in [2.05, 4.69) is 83.5 Å². The van der Waals surface area contributed by atoms with Gasteiger partial charge in [0.1, 0.15) is 0 Å². The molecular weight excluding hydrogens is 448 g/mol. The van der Waals surface area contributed by atoms with Crippen LogP contribution in [0.3, 0.4) is 0 Å². The molecular formula is C31H36N2O3. The highest BCUT2D eigenvalue weighted by atomic mass is 16.5. The largest absolute Gasteiger partial charge is 0.493 e. The van der Waals surface area contributed by atoms with Gasteiger partial charge in [-0.15, -0.1) is 0 Å². The number of hydrogen-bond acceptors (Lipinski definition) is 4. The molecule has 2 heterocycles. The number of methoxy groups -OCH3 is 3. The molecule has 0 amide bonds. The molecule has 3 aromatic carbocycles. The molecule has 1 aliphatic rings. The maximum absolute atomic E-state index is 5.74. The van der Waals surface area contributed by atoms with E-state index >= 15 is 0 Å². The smallest absolute Gasteiger partial charge is 0.203 e. The van der Waals surface area contributed by atoms with E-state index < -0.39 is 0 Å². The van der Waals surface area contributed by atoms with E-state index in [-0.39, 0.29) is 6.04 Å². The van der Waals surface area contributed by atoms with E-state index in [0.29, 0.717) is 23.2 Å². The first-order valence-corrected chi connectivity index (χ1v) is 12.8. The Balaban J connectivity index is 1.53. The lowest BCUT2D eigenvalue weighted by molar-refractivity contribution is 0.151. The van der Waals surface area contributed by atoms with E-state index in [1.54, 1.807) is 21.3 Å². The average Bonchev–Trinajstić information content (AvgIpc) is 3.25. The summed E-state index contributed by atoms with van der Waals surface area (Å²) in [6.07, 6.45) is 3.50. The lowest BCUT2D eigenvalue weighted by Crippen LogP contribution is -2.38. The Bertz CT molecular complexity index is 1280. The number of fused-ring (bicyclic) bond motifs is 1. The summed E-state index contributed by atoms with van der Waals surface area (Å²) in [4.78, 5) is 6.25. The number of nitrogens with one attached hydrogen (secondary N) is 1. The van der Waals surface area contributed by atoms with Crippen molar-refractivity contribution in [2.45, 2.75) is 32.2 Å². The van der Waals surface area contributed by atoms with Crippen molar-refractivity contribution in [1.82, 2.24) is 9.88 Å². The molecule has 1 N–H and O–H groups in total. The second-order valence-electron chi connectivity index (χ2n) is 9.74. The number of rotatable bonds is 8. The first kappa shape index (κ1) is 24.3. The van der Waals surface area contributed by atoms with Crippen LogP contribution in [-0.2, 0) is 6.42 Å². The van der Waals surface area contributed by atoms with E-state index in [1.165, 1.54) is 40.6 Å². The predicted molar refractivity (Wildman–Crippen MR) is 145 cm³/mol. The van der Waals surface area contributed by atoms with E-state index in [9.17, 15) is 0 Å². The summed E-state index contributed by atoms with van der Waals surface area (Å²) >= 11 is 0. The monoisotopic (exact) mass is 484 g/mol. The van der Waals surface area contributed by atoms with Crippen LogP contribution < -0.4 is 14.2 Å². The first-order valence-electron chi connectivity index (χ1n) is 12.8. The summed E-state index contributed by atoms with van der Waals surface area (Å²) in [6.45, 7) is 4.26. The quantitative estimate of drug-likeness (QED) is 0.308. The second-order valence-corrected chi connectivity index (χ2v) is 9.74. The number of aromatic nitrogens is 1. The highest BCUT2D eigenvalue weighted by Gasteiger charge is 2.32. The molecule has 1 unspecified atom stereocenters. The number of hydrogen-bond donors (Lipinski definition) is 1. The van der Waals surface area contributed by atoms with Crippen LogP contribution in [0.4, 0.5) is 0 Å². The number of benzene rings is 3. The fourth-order valence-electron chi connectivity index (χ4n) is 5.83. The second kappa shape index (κ2) is 10.7. The van der Waals surface area contributed by atoms with Crippen molar-refractivity contribution < 1.29 is 14.2 Å². The molecule has 1 aromatic heterocycles. The zero-order chi connectivity index (χ0) is 25.1. The molecule has 0 bridgehead atoms. The molecule has 36 heavy (non-hydrogen) atoms. The Morgan fingerprint density at radius 2 is 1.50 bits per heavy atom. The van der Waals surface area contributed by atoms with Crippen molar-refractivity contribution in [2.24, 2.45) is 5.92 Å². The van der Waals surface area contributed by atoms with Crippen molar-refractivity contribution >= 4 is 10.9 Å². The number of piperidine rings is 1. The first-order chi connectivity index (χ1) is 17.6. The maximum Gasteiger partial charge on any atom is 0.203 e. The molecule has 0 spiro atoms. The van der Waals surface area contributed by atoms with Gasteiger partial charge in [0.25, 0.3) is 0 Å². The molecule has 4 aromatic rings. The van der Waals surface area contributed by atoms with Gasteiger partial charge in [-0.25, -0.2) is 0 Å². The van der Waals surface area contributed by atoms with Crippen LogP contribution >= 0.6 is 0 Å². The topological polar surface area (TPSA) is 46.7 Å². The highest BCUT2D eigenvalue weighted by molar-refractivity contribution is 5.85. The fourth-order valence-corrected chi connectivity index (χ4v) is 5.83. The minimum absolute atomic E-state index is 0.0764. The summed E-state index contributed by atoms with van der Waals surface area (Å²) in [6, 6.07) is 23.8. The van der Waals surface area contributed by atoms with Crippen molar-refractivity contribution in [3.63, 3.8) is 0 Å². The van der Waals surface area contributed by atoms with Gasteiger partial charge in [0.2, 0.25) is 5.75 Å². The van der Waals surface area contributed by atoms with Crippen LogP contribution in [0.1, 0.15) is 41.3 Å². The van der Waals surface area contributed by atoms with Crippen molar-refractivity contribution in [2.75, 3.05) is 34.4 Å². The number of likely N-dealkylation sites (tertiary alicyclic amines) is 1. The average molecular weight is 485 g/mol. The minimum atomic E-state index is 0.0764. The lowest BCUT2D eigenvalue weighted by Gasteiger charge is -2.38. The maximum atomic E-state index is 5.74. The van der Waals surface area contributed by atoms with Gasteiger partial charge in [-0.2, -0.15) is 0 Å². The summed E-state index contributed by atoms with van der Waals surface area (Å²) in [5, 5.41) is 1.26. The molecule has 1 aliphatic heterocycles. The number of aromatic amines is 1. The Hall–Kier alpha value is -3.44. The summed E-state index contributed by atoms with van der Waals surface area (Å²) in [5.74, 6) is 2.70. The van der Waals surface area contributed by atoms with Gasteiger partial charge in [-0.1, -0.05) is 48.5 Å². The zero-order valence-corrected chi connectivity index (χ0v) is 21.7. The predicted octanol–water partition coefficient (Wildman–Crippen LogP) is 6.55. The Morgan fingerprint density at radius 1 is 0.861 bits per heavy atom. The number of aryl methyl sites for hydroxylation is 1. The molecule has 1 saturated heterocycles. The van der Waals surface area contributed by atoms with E-state index in [1.807, 2.05) is 0 Å². The molecule has 1 atom stereocenters. The Labute approximate surface area is 214 Å². The molecule has 5 nitrogen and oxygen atoms in total. The van der Waals surface area contributed by atoms with Crippen LogP contribution in [0.15, 0.2) is 66.7 Å². The molecule has 0 saturated carbocycles. The van der Waals surface area contributed by atoms with Crippen LogP contribution in [0, 0.1) is 12.8 Å². The Morgan fingerprint density at radius 3 is 2.14 bits per heavy atom. The van der Waals surface area contributed by atoms with Crippen LogP contribution in [0.2, 0.25) is 0 Å². The third kappa shape index (κ3) is 4.68. The Kier molecular flexibility index (Phi) is 7.19. The number of para-hydroxylation sites is 1. The van der Waals surface area contributed by atoms with Gasteiger partial charge in [0, 0.05) is 22.2 Å². The van der Waals surface area contributed by atoms with Crippen molar-refractivity contribution in [3.05, 3.63) is 89.1 Å². The van der Waals surface area contributed by atoms with Gasteiger partial charge in [0.05, 0.1) is 27.4 Å². The number of H-pyrrole nitrogens is 1. The molecule has 188 valence electrons. The summed E-state index contributed by atoms with van der Waals surface area (Å²) in [7, 11) is 5.02. The summed E-state index contributed by atoms with van der Waals surface area (Å²) in [5.41, 5.74) is 6.27.